The fourth-order valence-corrected chi connectivity index (χ4v) is 3.54. The molecule has 3 amide bonds. The molecule has 1 aromatic carbocycles. The number of nitrogens with one attached hydrogen (secondary N) is 1. The van der Waals surface area contributed by atoms with Crippen molar-refractivity contribution in [3.05, 3.63) is 29.6 Å². The number of urea groups is 1. The maximum atomic E-state index is 14.0. The first kappa shape index (κ1) is 17.7. The Balaban J connectivity index is 1.64. The van der Waals surface area contributed by atoms with Crippen molar-refractivity contribution in [3.63, 3.8) is 0 Å². The Kier molecular flexibility index (Phi) is 5.22. The molecular weight excluding hydrogens is 323 g/mol. The number of anilines is 1. The van der Waals surface area contributed by atoms with E-state index in [-0.39, 0.29) is 17.6 Å². The van der Waals surface area contributed by atoms with E-state index in [1.807, 2.05) is 0 Å². The van der Waals surface area contributed by atoms with Crippen LogP contribution in [0.15, 0.2) is 18.2 Å². The van der Waals surface area contributed by atoms with Gasteiger partial charge < -0.3 is 15.1 Å². The number of amides is 3. The summed E-state index contributed by atoms with van der Waals surface area (Å²) in [6.45, 7) is 3.54. The van der Waals surface area contributed by atoms with Crippen LogP contribution in [-0.2, 0) is 0 Å². The van der Waals surface area contributed by atoms with Crippen LogP contribution in [0, 0.1) is 5.82 Å². The Morgan fingerprint density at radius 1 is 1.20 bits per heavy atom. The van der Waals surface area contributed by atoms with Gasteiger partial charge in [-0.1, -0.05) is 0 Å². The van der Waals surface area contributed by atoms with Gasteiger partial charge in [0, 0.05) is 38.8 Å². The molecule has 0 aliphatic carbocycles. The second kappa shape index (κ2) is 7.39. The smallest absolute Gasteiger partial charge is 0.321 e. The molecule has 2 fully saturated rings. The molecule has 3 rings (SSSR count). The van der Waals surface area contributed by atoms with Crippen LogP contribution in [0.5, 0.6) is 0 Å². The maximum Gasteiger partial charge on any atom is 0.321 e. The number of benzene rings is 1. The van der Waals surface area contributed by atoms with Crippen molar-refractivity contribution in [3.8, 4) is 0 Å². The summed E-state index contributed by atoms with van der Waals surface area (Å²) in [6.07, 6.45) is 3.40. The Hall–Kier alpha value is -2.15. The zero-order valence-corrected chi connectivity index (χ0v) is 14.8. The number of carbonyl (C=O) groups excluding carboxylic acids is 2. The lowest BCUT2D eigenvalue weighted by Gasteiger charge is -2.23. The van der Waals surface area contributed by atoms with Crippen LogP contribution in [0.4, 0.5) is 14.9 Å². The fourth-order valence-electron chi connectivity index (χ4n) is 3.54. The van der Waals surface area contributed by atoms with Gasteiger partial charge in [0.25, 0.3) is 5.91 Å². The van der Waals surface area contributed by atoms with Crippen molar-refractivity contribution in [1.82, 2.24) is 14.7 Å². The van der Waals surface area contributed by atoms with Crippen molar-refractivity contribution >= 4 is 17.6 Å². The minimum atomic E-state index is -0.543. The zero-order chi connectivity index (χ0) is 18.0. The molecule has 2 aliphatic heterocycles. The highest BCUT2D eigenvalue weighted by Gasteiger charge is 2.31. The van der Waals surface area contributed by atoms with Crippen LogP contribution >= 0.6 is 0 Å². The van der Waals surface area contributed by atoms with Crippen LogP contribution in [-0.4, -0.2) is 73.0 Å². The highest BCUT2D eigenvalue weighted by molar-refractivity contribution is 5.96. The summed E-state index contributed by atoms with van der Waals surface area (Å²) in [5.41, 5.74) is 0.389. The number of carbonyl (C=O) groups is 2. The predicted octanol–water partition coefficient (Wildman–Crippen LogP) is 2.23. The SMILES string of the molecule is CN(C)C(=O)c1ccc(F)c(NC(=O)N2CCC(N3CCCC3)C2)c1. The van der Waals surface area contributed by atoms with Gasteiger partial charge in [0.05, 0.1) is 5.69 Å². The summed E-state index contributed by atoms with van der Waals surface area (Å²) in [4.78, 5) is 30.1. The van der Waals surface area contributed by atoms with E-state index in [1.54, 1.807) is 19.0 Å². The predicted molar refractivity (Wildman–Crippen MR) is 94.2 cm³/mol. The van der Waals surface area contributed by atoms with E-state index in [0.29, 0.717) is 24.7 Å². The average molecular weight is 348 g/mol. The molecule has 6 nitrogen and oxygen atoms in total. The van der Waals surface area contributed by atoms with E-state index in [2.05, 4.69) is 10.2 Å². The highest BCUT2D eigenvalue weighted by atomic mass is 19.1. The third kappa shape index (κ3) is 3.92. The monoisotopic (exact) mass is 348 g/mol. The van der Waals surface area contributed by atoms with Gasteiger partial charge in [-0.15, -0.1) is 0 Å². The zero-order valence-electron chi connectivity index (χ0n) is 14.8. The first-order chi connectivity index (χ1) is 12.0. The van der Waals surface area contributed by atoms with Gasteiger partial charge in [-0.3, -0.25) is 9.69 Å². The van der Waals surface area contributed by atoms with E-state index in [1.165, 1.54) is 35.9 Å². The lowest BCUT2D eigenvalue weighted by atomic mass is 10.1. The first-order valence-electron chi connectivity index (χ1n) is 8.77. The minimum absolute atomic E-state index is 0.0438. The highest BCUT2D eigenvalue weighted by Crippen LogP contribution is 2.22. The molecule has 25 heavy (non-hydrogen) atoms. The molecule has 0 bridgehead atoms. The molecule has 2 heterocycles. The molecular formula is C18H25FN4O2. The number of hydrogen-bond acceptors (Lipinski definition) is 3. The van der Waals surface area contributed by atoms with Crippen molar-refractivity contribution < 1.29 is 14.0 Å². The van der Waals surface area contributed by atoms with Crippen LogP contribution in [0.25, 0.3) is 0 Å². The third-order valence-electron chi connectivity index (χ3n) is 4.97. The van der Waals surface area contributed by atoms with Gasteiger partial charge in [0.1, 0.15) is 5.82 Å². The molecule has 2 saturated heterocycles. The van der Waals surface area contributed by atoms with Crippen molar-refractivity contribution in [2.45, 2.75) is 25.3 Å². The van der Waals surface area contributed by atoms with Crippen LogP contribution in [0.3, 0.4) is 0 Å². The standard InChI is InChI=1S/C18H25FN4O2/c1-21(2)17(24)13-5-6-15(19)16(11-13)20-18(25)23-10-7-14(12-23)22-8-3-4-9-22/h5-6,11,14H,3-4,7-10,12H2,1-2H3,(H,20,25). The summed E-state index contributed by atoms with van der Waals surface area (Å²) >= 11 is 0. The molecule has 0 saturated carbocycles. The molecule has 7 heteroatoms. The molecule has 0 spiro atoms. The minimum Gasteiger partial charge on any atom is -0.345 e. The Morgan fingerprint density at radius 3 is 2.60 bits per heavy atom. The van der Waals surface area contributed by atoms with Crippen LogP contribution < -0.4 is 5.32 Å². The second-order valence-corrected chi connectivity index (χ2v) is 6.96. The number of likely N-dealkylation sites (tertiary alicyclic amines) is 2. The van der Waals surface area contributed by atoms with Gasteiger partial charge in [-0.05, 0) is 50.6 Å². The lowest BCUT2D eigenvalue weighted by Crippen LogP contribution is -2.38. The summed E-state index contributed by atoms with van der Waals surface area (Å²) < 4.78 is 14.0. The number of nitrogens with zero attached hydrogens (tertiary/aromatic N) is 3. The fraction of sp³-hybridized carbons (Fsp3) is 0.556. The quantitative estimate of drug-likeness (QED) is 0.911. The average Bonchev–Trinajstić information content (AvgIpc) is 3.27. The van der Waals surface area contributed by atoms with Crippen LogP contribution in [0.2, 0.25) is 0 Å². The van der Waals surface area contributed by atoms with Gasteiger partial charge >= 0.3 is 6.03 Å². The molecule has 136 valence electrons. The van der Waals surface area contributed by atoms with Crippen LogP contribution in [0.1, 0.15) is 29.6 Å². The molecule has 0 radical (unpaired) electrons. The van der Waals surface area contributed by atoms with Crippen molar-refractivity contribution in [2.24, 2.45) is 0 Å². The molecule has 2 aliphatic rings. The maximum absolute atomic E-state index is 14.0. The second-order valence-electron chi connectivity index (χ2n) is 6.96. The summed E-state index contributed by atoms with van der Waals surface area (Å²) in [5, 5.41) is 2.62. The molecule has 0 aromatic heterocycles. The van der Waals surface area contributed by atoms with Gasteiger partial charge in [0.15, 0.2) is 0 Å². The Bertz CT molecular complexity index is 658. The number of rotatable bonds is 3. The number of hydrogen-bond donors (Lipinski definition) is 1. The Morgan fingerprint density at radius 2 is 1.92 bits per heavy atom. The summed E-state index contributed by atoms with van der Waals surface area (Å²) in [5.74, 6) is -0.773. The molecule has 1 N–H and O–H groups in total. The molecule has 1 aromatic rings. The van der Waals surface area contributed by atoms with Gasteiger partial charge in [-0.2, -0.15) is 0 Å². The van der Waals surface area contributed by atoms with Gasteiger partial charge in [0.2, 0.25) is 0 Å². The van der Waals surface area contributed by atoms with E-state index < -0.39 is 5.82 Å². The first-order valence-corrected chi connectivity index (χ1v) is 8.77. The van der Waals surface area contributed by atoms with Gasteiger partial charge in [-0.25, -0.2) is 9.18 Å². The Labute approximate surface area is 147 Å². The summed E-state index contributed by atoms with van der Waals surface area (Å²) in [6, 6.07) is 4.12. The van der Waals surface area contributed by atoms with Crippen molar-refractivity contribution in [1.29, 1.82) is 0 Å². The van der Waals surface area contributed by atoms with E-state index in [4.69, 9.17) is 0 Å². The summed E-state index contributed by atoms with van der Waals surface area (Å²) in [7, 11) is 3.26. The van der Waals surface area contributed by atoms with E-state index in [0.717, 1.165) is 19.5 Å². The molecule has 1 atom stereocenters. The topological polar surface area (TPSA) is 55.9 Å². The third-order valence-corrected chi connectivity index (χ3v) is 4.97. The largest absolute Gasteiger partial charge is 0.345 e. The van der Waals surface area contributed by atoms with Crippen molar-refractivity contribution in [2.75, 3.05) is 45.6 Å². The van der Waals surface area contributed by atoms with E-state index in [9.17, 15) is 14.0 Å². The molecule has 1 unspecified atom stereocenters. The van der Waals surface area contributed by atoms with E-state index >= 15 is 0 Å². The normalized spacial score (nSPS) is 20.8. The lowest BCUT2D eigenvalue weighted by molar-refractivity contribution is 0.0827. The number of halogens is 1.